The molecule has 0 aromatic heterocycles. The van der Waals surface area contributed by atoms with Crippen LogP contribution in [0.3, 0.4) is 0 Å². The molecule has 0 heterocycles. The molecule has 0 N–H and O–H groups in total. The Morgan fingerprint density at radius 3 is 1.71 bits per heavy atom. The van der Waals surface area contributed by atoms with E-state index in [1.807, 2.05) is 13.8 Å². The quantitative estimate of drug-likeness (QED) is 0.510. The van der Waals surface area contributed by atoms with Crippen LogP contribution in [-0.4, -0.2) is 0 Å². The van der Waals surface area contributed by atoms with E-state index in [0.29, 0.717) is 5.41 Å². The Bertz CT molecular complexity index is 167. The van der Waals surface area contributed by atoms with Crippen LogP contribution in [0.2, 0.25) is 0 Å². The lowest BCUT2D eigenvalue weighted by Gasteiger charge is -2.54. The van der Waals surface area contributed by atoms with Crippen molar-refractivity contribution in [3.05, 3.63) is 0 Å². The van der Waals surface area contributed by atoms with Gasteiger partial charge in [-0.1, -0.05) is 47.5 Å². The average Bonchev–Trinajstić information content (AvgIpc) is 2.52. The van der Waals surface area contributed by atoms with Crippen LogP contribution in [0.25, 0.3) is 0 Å². The summed E-state index contributed by atoms with van der Waals surface area (Å²) < 4.78 is 0. The Balaban J connectivity index is 0.000000461. The molecule has 2 aliphatic rings. The molecule has 1 spiro atoms. The first-order valence-electron chi connectivity index (χ1n) is 6.55. The molecule has 2 aliphatic carbocycles. The van der Waals surface area contributed by atoms with E-state index < -0.39 is 0 Å². The van der Waals surface area contributed by atoms with E-state index in [-0.39, 0.29) is 0 Å². The van der Waals surface area contributed by atoms with Gasteiger partial charge < -0.3 is 0 Å². The third-order valence-electron chi connectivity index (χ3n) is 4.31. The van der Waals surface area contributed by atoms with Crippen molar-refractivity contribution < 1.29 is 0 Å². The van der Waals surface area contributed by atoms with Gasteiger partial charge in [-0.3, -0.25) is 0 Å². The Labute approximate surface area is 90.5 Å². The van der Waals surface area contributed by atoms with Crippen LogP contribution >= 0.6 is 0 Å². The molecule has 0 aromatic rings. The largest absolute Gasteiger partial charge is 0.0683 e. The molecule has 2 rings (SSSR count). The van der Waals surface area contributed by atoms with Crippen LogP contribution in [0.5, 0.6) is 0 Å². The maximum Gasteiger partial charge on any atom is -0.0264 e. The van der Waals surface area contributed by atoms with Crippen molar-refractivity contribution in [1.29, 1.82) is 0 Å². The predicted octanol–water partition coefficient (Wildman–Crippen LogP) is 5.03. The Kier molecular flexibility index (Phi) is 3.66. The molecule has 0 saturated heterocycles. The van der Waals surface area contributed by atoms with Gasteiger partial charge in [-0.15, -0.1) is 0 Å². The maximum absolute atomic E-state index is 2.43. The van der Waals surface area contributed by atoms with Crippen molar-refractivity contribution in [1.82, 2.24) is 0 Å². The summed E-state index contributed by atoms with van der Waals surface area (Å²) in [6, 6.07) is 0. The molecule has 1 unspecified atom stereocenters. The predicted molar refractivity (Wildman–Crippen MR) is 64.4 cm³/mol. The summed E-state index contributed by atoms with van der Waals surface area (Å²) in [5.41, 5.74) is 1.39. The zero-order chi connectivity index (χ0) is 10.8. The minimum absolute atomic E-state index is 0.572. The van der Waals surface area contributed by atoms with Gasteiger partial charge in [0.25, 0.3) is 0 Å². The summed E-state index contributed by atoms with van der Waals surface area (Å²) in [5.74, 6) is 1.03. The van der Waals surface area contributed by atoms with E-state index in [1.54, 1.807) is 0 Å². The monoisotopic (exact) mass is 196 g/mol. The number of hydrogen-bond donors (Lipinski definition) is 0. The van der Waals surface area contributed by atoms with Crippen LogP contribution in [0.15, 0.2) is 0 Å². The van der Waals surface area contributed by atoms with Crippen LogP contribution in [0.4, 0.5) is 0 Å². The molecule has 84 valence electrons. The van der Waals surface area contributed by atoms with Crippen LogP contribution in [0, 0.1) is 16.7 Å². The first-order valence-corrected chi connectivity index (χ1v) is 6.55. The highest BCUT2D eigenvalue weighted by Gasteiger charge is 2.52. The first kappa shape index (κ1) is 12.1. The molecular weight excluding hydrogens is 168 g/mol. The Morgan fingerprint density at radius 2 is 1.43 bits per heavy atom. The Morgan fingerprint density at radius 1 is 0.929 bits per heavy atom. The van der Waals surface area contributed by atoms with Crippen molar-refractivity contribution in [3.8, 4) is 0 Å². The first-order chi connectivity index (χ1) is 6.55. The third kappa shape index (κ3) is 1.99. The van der Waals surface area contributed by atoms with E-state index in [2.05, 4.69) is 20.8 Å². The zero-order valence-electron chi connectivity index (χ0n) is 10.8. The number of rotatable bonds is 0. The van der Waals surface area contributed by atoms with Gasteiger partial charge in [-0.05, 0) is 42.4 Å². The molecule has 0 aromatic carbocycles. The van der Waals surface area contributed by atoms with E-state index in [9.17, 15) is 0 Å². The van der Waals surface area contributed by atoms with Gasteiger partial charge >= 0.3 is 0 Å². The molecule has 0 radical (unpaired) electrons. The fraction of sp³-hybridized carbons (Fsp3) is 1.00. The molecule has 0 nitrogen and oxygen atoms in total. The van der Waals surface area contributed by atoms with E-state index in [0.717, 1.165) is 11.3 Å². The molecule has 1 atom stereocenters. The normalized spacial score (nSPS) is 29.4. The molecular formula is C14H28. The van der Waals surface area contributed by atoms with Crippen LogP contribution in [0.1, 0.15) is 73.1 Å². The highest BCUT2D eigenvalue weighted by molar-refractivity contribution is 5.02. The van der Waals surface area contributed by atoms with Crippen molar-refractivity contribution >= 4 is 0 Å². The van der Waals surface area contributed by atoms with Crippen molar-refractivity contribution in [2.45, 2.75) is 73.1 Å². The third-order valence-corrected chi connectivity index (χ3v) is 4.31. The standard InChI is InChI=1S/C12H22.C2H6/c1-11(2,3)10-6-9-12(10)7-4-5-8-12;1-2/h10H,4-9H2,1-3H3;1-2H3. The topological polar surface area (TPSA) is 0 Å². The molecule has 0 heteroatoms. The summed E-state index contributed by atoms with van der Waals surface area (Å²) in [7, 11) is 0. The SMILES string of the molecule is CC.CC(C)(C)C1CCC12CCCC2. The molecule has 2 fully saturated rings. The molecule has 0 aliphatic heterocycles. The fourth-order valence-electron chi connectivity index (χ4n) is 3.73. The summed E-state index contributed by atoms with van der Waals surface area (Å²) in [6.07, 6.45) is 9.13. The van der Waals surface area contributed by atoms with Gasteiger partial charge in [0.15, 0.2) is 0 Å². The van der Waals surface area contributed by atoms with Gasteiger partial charge in [-0.2, -0.15) is 0 Å². The smallest absolute Gasteiger partial charge is 0.0264 e. The van der Waals surface area contributed by atoms with Gasteiger partial charge in [0.1, 0.15) is 0 Å². The summed E-state index contributed by atoms with van der Waals surface area (Å²) >= 11 is 0. The van der Waals surface area contributed by atoms with Crippen molar-refractivity contribution in [2.24, 2.45) is 16.7 Å². The molecule has 0 bridgehead atoms. The van der Waals surface area contributed by atoms with Gasteiger partial charge in [-0.25, -0.2) is 0 Å². The summed E-state index contributed by atoms with van der Waals surface area (Å²) in [6.45, 7) is 11.3. The van der Waals surface area contributed by atoms with E-state index >= 15 is 0 Å². The molecule has 0 amide bonds. The van der Waals surface area contributed by atoms with Crippen molar-refractivity contribution in [3.63, 3.8) is 0 Å². The van der Waals surface area contributed by atoms with Gasteiger partial charge in [0.05, 0.1) is 0 Å². The second-order valence-corrected chi connectivity index (χ2v) is 6.03. The summed E-state index contributed by atoms with van der Waals surface area (Å²) in [5, 5.41) is 0. The van der Waals surface area contributed by atoms with Crippen molar-refractivity contribution in [2.75, 3.05) is 0 Å². The second kappa shape index (κ2) is 4.24. The highest BCUT2D eigenvalue weighted by atomic mass is 14.6. The maximum atomic E-state index is 2.43. The van der Waals surface area contributed by atoms with Crippen LogP contribution < -0.4 is 0 Å². The van der Waals surface area contributed by atoms with Gasteiger partial charge in [0, 0.05) is 0 Å². The molecule has 14 heavy (non-hydrogen) atoms. The average molecular weight is 196 g/mol. The Hall–Kier alpha value is 0. The lowest BCUT2D eigenvalue weighted by molar-refractivity contribution is -0.0410. The van der Waals surface area contributed by atoms with Crippen LogP contribution in [-0.2, 0) is 0 Å². The lowest BCUT2D eigenvalue weighted by atomic mass is 9.51. The minimum Gasteiger partial charge on any atom is -0.0683 e. The van der Waals surface area contributed by atoms with Gasteiger partial charge in [0.2, 0.25) is 0 Å². The highest BCUT2D eigenvalue weighted by Crippen LogP contribution is 2.62. The van der Waals surface area contributed by atoms with E-state index in [4.69, 9.17) is 0 Å². The van der Waals surface area contributed by atoms with E-state index in [1.165, 1.54) is 38.5 Å². The fourth-order valence-corrected chi connectivity index (χ4v) is 3.73. The lowest BCUT2D eigenvalue weighted by Crippen LogP contribution is -2.45. The molecule has 2 saturated carbocycles. The zero-order valence-corrected chi connectivity index (χ0v) is 10.8. The minimum atomic E-state index is 0.572. The number of hydrogen-bond acceptors (Lipinski definition) is 0. The summed E-state index contributed by atoms with van der Waals surface area (Å²) in [4.78, 5) is 0. The second-order valence-electron chi connectivity index (χ2n) is 6.03.